The number of methoxy groups -OCH3 is 4. The fourth-order valence-electron chi connectivity index (χ4n) is 4.06. The zero-order valence-corrected chi connectivity index (χ0v) is 20.1. The molecule has 0 saturated heterocycles. The molecule has 1 aliphatic rings. The molecule has 8 heteroatoms. The average Bonchev–Trinajstić information content (AvgIpc) is 3.32. The highest BCUT2D eigenvalue weighted by molar-refractivity contribution is 6.33. The third-order valence-electron chi connectivity index (χ3n) is 5.73. The van der Waals surface area contributed by atoms with E-state index in [1.807, 2.05) is 36.4 Å². The van der Waals surface area contributed by atoms with Crippen molar-refractivity contribution in [2.45, 2.75) is 12.5 Å². The molecular formula is C26H25ClN2O5. The Morgan fingerprint density at radius 2 is 1.62 bits per heavy atom. The van der Waals surface area contributed by atoms with Crippen LogP contribution in [0, 0.1) is 0 Å². The predicted molar refractivity (Wildman–Crippen MR) is 131 cm³/mol. The minimum atomic E-state index is -0.433. The summed E-state index contributed by atoms with van der Waals surface area (Å²) in [7, 11) is 6.32. The van der Waals surface area contributed by atoms with Gasteiger partial charge in [0.2, 0.25) is 0 Å². The van der Waals surface area contributed by atoms with E-state index in [-0.39, 0.29) is 5.91 Å². The molecule has 0 saturated carbocycles. The first-order valence-electron chi connectivity index (χ1n) is 10.6. The Morgan fingerprint density at radius 1 is 0.882 bits per heavy atom. The number of rotatable bonds is 7. The van der Waals surface area contributed by atoms with Gasteiger partial charge < -0.3 is 18.9 Å². The van der Waals surface area contributed by atoms with Gasteiger partial charge in [-0.25, -0.2) is 5.01 Å². The van der Waals surface area contributed by atoms with Crippen LogP contribution in [-0.4, -0.2) is 45.1 Å². The van der Waals surface area contributed by atoms with Crippen LogP contribution in [0.2, 0.25) is 5.02 Å². The first-order valence-corrected chi connectivity index (χ1v) is 11.0. The average molecular weight is 481 g/mol. The molecule has 1 amide bonds. The molecule has 1 atom stereocenters. The highest BCUT2D eigenvalue weighted by atomic mass is 35.5. The summed E-state index contributed by atoms with van der Waals surface area (Å²) in [5.41, 5.74) is 2.69. The predicted octanol–water partition coefficient (Wildman–Crippen LogP) is 5.37. The van der Waals surface area contributed by atoms with Gasteiger partial charge in [0.1, 0.15) is 0 Å². The van der Waals surface area contributed by atoms with Crippen molar-refractivity contribution in [3.05, 3.63) is 82.4 Å². The summed E-state index contributed by atoms with van der Waals surface area (Å²) >= 11 is 6.35. The molecule has 0 fully saturated rings. The third-order valence-corrected chi connectivity index (χ3v) is 6.06. The fraction of sp³-hybridized carbons (Fsp3) is 0.231. The monoisotopic (exact) mass is 480 g/mol. The number of para-hydroxylation sites is 1. The number of hydrogen-bond donors (Lipinski definition) is 0. The fourth-order valence-corrected chi connectivity index (χ4v) is 4.28. The van der Waals surface area contributed by atoms with Crippen molar-refractivity contribution in [3.63, 3.8) is 0 Å². The van der Waals surface area contributed by atoms with Crippen molar-refractivity contribution >= 4 is 23.2 Å². The lowest BCUT2D eigenvalue weighted by Crippen LogP contribution is -2.27. The van der Waals surface area contributed by atoms with Crippen LogP contribution in [0.4, 0.5) is 0 Å². The second kappa shape index (κ2) is 10.1. The van der Waals surface area contributed by atoms with Gasteiger partial charge in [-0.3, -0.25) is 4.79 Å². The van der Waals surface area contributed by atoms with Crippen molar-refractivity contribution in [2.75, 3.05) is 28.4 Å². The van der Waals surface area contributed by atoms with Crippen LogP contribution in [0.25, 0.3) is 0 Å². The molecule has 0 unspecified atom stereocenters. The van der Waals surface area contributed by atoms with Crippen LogP contribution in [-0.2, 0) is 0 Å². The maximum absolute atomic E-state index is 13.6. The largest absolute Gasteiger partial charge is 0.493 e. The minimum Gasteiger partial charge on any atom is -0.493 e. The molecular weight excluding hydrogens is 456 g/mol. The zero-order valence-electron chi connectivity index (χ0n) is 19.4. The molecule has 1 aliphatic heterocycles. The standard InChI is InChI=1S/C26H25ClN2O5/c1-31-22-13-12-16(14-24(22)33-3)20-15-21(18-9-7-11-23(32-2)25(18)34-4)29(28-20)26(30)17-8-5-6-10-19(17)27/h5-14,21H,15H2,1-4H3/t21-/m1/s1. The van der Waals surface area contributed by atoms with Gasteiger partial charge in [-0.05, 0) is 36.4 Å². The summed E-state index contributed by atoms with van der Waals surface area (Å²) in [6.07, 6.45) is 0.454. The van der Waals surface area contributed by atoms with Gasteiger partial charge in [-0.15, -0.1) is 0 Å². The Kier molecular flexibility index (Phi) is 6.93. The lowest BCUT2D eigenvalue weighted by Gasteiger charge is -2.24. The van der Waals surface area contributed by atoms with Crippen molar-refractivity contribution in [1.29, 1.82) is 0 Å². The van der Waals surface area contributed by atoms with Crippen molar-refractivity contribution in [3.8, 4) is 23.0 Å². The highest BCUT2D eigenvalue weighted by Crippen LogP contribution is 2.43. The number of hydrogen-bond acceptors (Lipinski definition) is 6. The number of amides is 1. The Hall–Kier alpha value is -3.71. The summed E-state index contributed by atoms with van der Waals surface area (Å²) in [5.74, 6) is 2.00. The molecule has 0 bridgehead atoms. The molecule has 7 nitrogen and oxygen atoms in total. The summed E-state index contributed by atoms with van der Waals surface area (Å²) in [4.78, 5) is 13.6. The Bertz CT molecular complexity index is 1240. The van der Waals surface area contributed by atoms with Crippen LogP contribution in [0.1, 0.15) is 33.9 Å². The van der Waals surface area contributed by atoms with Crippen LogP contribution >= 0.6 is 11.6 Å². The highest BCUT2D eigenvalue weighted by Gasteiger charge is 2.36. The van der Waals surface area contributed by atoms with E-state index in [9.17, 15) is 4.79 Å². The Balaban J connectivity index is 1.82. The first-order chi connectivity index (χ1) is 16.5. The van der Waals surface area contributed by atoms with E-state index in [4.69, 9.17) is 35.6 Å². The molecule has 0 N–H and O–H groups in total. The van der Waals surface area contributed by atoms with Crippen LogP contribution in [0.5, 0.6) is 23.0 Å². The second-order valence-corrected chi connectivity index (χ2v) is 7.96. The van der Waals surface area contributed by atoms with Crippen molar-refractivity contribution in [2.24, 2.45) is 5.10 Å². The van der Waals surface area contributed by atoms with E-state index >= 15 is 0 Å². The number of benzene rings is 3. The molecule has 34 heavy (non-hydrogen) atoms. The first kappa shape index (κ1) is 23.4. The van der Waals surface area contributed by atoms with Gasteiger partial charge in [0.15, 0.2) is 23.0 Å². The normalized spacial score (nSPS) is 15.0. The van der Waals surface area contributed by atoms with Crippen LogP contribution in [0.15, 0.2) is 65.8 Å². The molecule has 3 aromatic rings. The molecule has 0 aromatic heterocycles. The Labute approximate surface area is 203 Å². The quantitative estimate of drug-likeness (QED) is 0.455. The molecule has 0 spiro atoms. The van der Waals surface area contributed by atoms with E-state index < -0.39 is 6.04 Å². The SMILES string of the molecule is COc1ccc(C2=NN(C(=O)c3ccccc3Cl)[C@@H](c3cccc(OC)c3OC)C2)cc1OC. The lowest BCUT2D eigenvalue weighted by atomic mass is 9.96. The third kappa shape index (κ3) is 4.26. The smallest absolute Gasteiger partial charge is 0.276 e. The number of ether oxygens (including phenoxy) is 4. The number of carbonyl (C=O) groups excluding carboxylic acids is 1. The summed E-state index contributed by atoms with van der Waals surface area (Å²) < 4.78 is 22.0. The van der Waals surface area contributed by atoms with Crippen molar-refractivity contribution < 1.29 is 23.7 Å². The van der Waals surface area contributed by atoms with E-state index in [1.54, 1.807) is 52.7 Å². The van der Waals surface area contributed by atoms with Crippen LogP contribution in [0.3, 0.4) is 0 Å². The Morgan fingerprint density at radius 3 is 2.29 bits per heavy atom. The molecule has 3 aromatic carbocycles. The molecule has 176 valence electrons. The van der Waals surface area contributed by atoms with Gasteiger partial charge in [0, 0.05) is 17.5 Å². The maximum atomic E-state index is 13.6. The molecule has 0 radical (unpaired) electrons. The van der Waals surface area contributed by atoms with Gasteiger partial charge >= 0.3 is 0 Å². The number of hydrazone groups is 1. The van der Waals surface area contributed by atoms with E-state index in [1.165, 1.54) is 5.01 Å². The minimum absolute atomic E-state index is 0.309. The number of halogens is 1. The van der Waals surface area contributed by atoms with Gasteiger partial charge in [0.05, 0.1) is 50.8 Å². The molecule has 0 aliphatic carbocycles. The lowest BCUT2D eigenvalue weighted by molar-refractivity contribution is 0.0709. The van der Waals surface area contributed by atoms with E-state index in [0.29, 0.717) is 40.0 Å². The zero-order chi connectivity index (χ0) is 24.2. The maximum Gasteiger partial charge on any atom is 0.276 e. The van der Waals surface area contributed by atoms with Gasteiger partial charge in [-0.1, -0.05) is 35.9 Å². The van der Waals surface area contributed by atoms with Gasteiger partial charge in [-0.2, -0.15) is 5.10 Å². The number of nitrogens with zero attached hydrogens (tertiary/aromatic N) is 2. The van der Waals surface area contributed by atoms with Crippen molar-refractivity contribution in [1.82, 2.24) is 5.01 Å². The van der Waals surface area contributed by atoms with Crippen LogP contribution < -0.4 is 18.9 Å². The van der Waals surface area contributed by atoms with E-state index in [0.717, 1.165) is 16.8 Å². The summed E-state index contributed by atoms with van der Waals surface area (Å²) in [6, 6.07) is 17.6. The van der Waals surface area contributed by atoms with Gasteiger partial charge in [0.25, 0.3) is 5.91 Å². The topological polar surface area (TPSA) is 69.6 Å². The molecule has 4 rings (SSSR count). The van der Waals surface area contributed by atoms with E-state index in [2.05, 4.69) is 0 Å². The number of carbonyl (C=O) groups is 1. The summed E-state index contributed by atoms with van der Waals surface area (Å²) in [6.45, 7) is 0. The second-order valence-electron chi connectivity index (χ2n) is 7.55. The molecule has 1 heterocycles. The summed E-state index contributed by atoms with van der Waals surface area (Å²) in [5, 5.41) is 6.57.